The lowest BCUT2D eigenvalue weighted by molar-refractivity contribution is 1.15. The van der Waals surface area contributed by atoms with Gasteiger partial charge in [-0.1, -0.05) is 18.2 Å². The molecule has 0 amide bonds. The highest BCUT2D eigenvalue weighted by atomic mass is 14.3. The molecular formula is C20H13+. The molecule has 0 aromatic heterocycles. The lowest BCUT2D eigenvalue weighted by Gasteiger charge is -2.10. The van der Waals surface area contributed by atoms with E-state index in [-0.39, 0.29) is 0 Å². The van der Waals surface area contributed by atoms with Gasteiger partial charge in [-0.15, -0.1) is 0 Å². The molecule has 2 aliphatic carbocycles. The van der Waals surface area contributed by atoms with Gasteiger partial charge in [-0.3, -0.25) is 0 Å². The Morgan fingerprint density at radius 1 is 0.800 bits per heavy atom. The second kappa shape index (κ2) is 3.55. The average Bonchev–Trinajstić information content (AvgIpc) is 2.82. The van der Waals surface area contributed by atoms with Crippen LogP contribution in [0.2, 0.25) is 0 Å². The molecule has 0 nitrogen and oxygen atoms in total. The van der Waals surface area contributed by atoms with E-state index in [0.717, 1.165) is 6.42 Å². The van der Waals surface area contributed by atoms with Crippen molar-refractivity contribution in [3.63, 3.8) is 0 Å². The molecule has 0 fully saturated rings. The highest BCUT2D eigenvalue weighted by Gasteiger charge is 2.37. The van der Waals surface area contributed by atoms with E-state index in [2.05, 4.69) is 66.7 Å². The summed E-state index contributed by atoms with van der Waals surface area (Å²) in [7, 11) is 0. The van der Waals surface area contributed by atoms with E-state index in [0.29, 0.717) is 0 Å². The van der Waals surface area contributed by atoms with Crippen LogP contribution in [-0.4, -0.2) is 0 Å². The fourth-order valence-corrected chi connectivity index (χ4v) is 3.61. The summed E-state index contributed by atoms with van der Waals surface area (Å²) in [4.78, 5) is 0. The first-order valence-electron chi connectivity index (χ1n) is 7.11. The van der Waals surface area contributed by atoms with Crippen molar-refractivity contribution in [3.8, 4) is 11.1 Å². The maximum absolute atomic E-state index is 2.35. The zero-order chi connectivity index (χ0) is 13.1. The van der Waals surface area contributed by atoms with Crippen molar-refractivity contribution in [1.82, 2.24) is 0 Å². The minimum atomic E-state index is 1.06. The van der Waals surface area contributed by atoms with E-state index < -0.39 is 0 Å². The first-order valence-corrected chi connectivity index (χ1v) is 7.11. The minimum absolute atomic E-state index is 1.06. The molecule has 3 aromatic carbocycles. The molecule has 0 heterocycles. The van der Waals surface area contributed by atoms with Crippen LogP contribution in [0.15, 0.2) is 66.7 Å². The molecule has 3 aromatic rings. The standard InChI is InChI=1S/C20H13/c1-2-6-15-12-19-17-10-4-8-13-7-3-9-16(20(13)17)18(19)11-14(15)5-1/h1-7,9-12H,8H2/q+1. The fourth-order valence-electron chi connectivity index (χ4n) is 3.61. The van der Waals surface area contributed by atoms with Gasteiger partial charge in [0.05, 0.1) is 28.2 Å². The van der Waals surface area contributed by atoms with Crippen LogP contribution in [0.1, 0.15) is 16.7 Å². The lowest BCUT2D eigenvalue weighted by atomic mass is 9.87. The first kappa shape index (κ1) is 10.3. The maximum atomic E-state index is 2.35. The van der Waals surface area contributed by atoms with E-state index >= 15 is 0 Å². The van der Waals surface area contributed by atoms with Crippen molar-refractivity contribution < 1.29 is 0 Å². The first-order chi connectivity index (χ1) is 9.92. The van der Waals surface area contributed by atoms with Gasteiger partial charge < -0.3 is 0 Å². The summed E-state index contributed by atoms with van der Waals surface area (Å²) in [5.41, 5.74) is 7.10. The Morgan fingerprint density at radius 3 is 2.55 bits per heavy atom. The molecule has 20 heavy (non-hydrogen) atoms. The molecule has 0 heteroatoms. The smallest absolute Gasteiger partial charge is 0.0616 e. The fraction of sp³-hybridized carbons (Fsp3) is 0.0500. The number of benzene rings is 3. The summed E-state index contributed by atoms with van der Waals surface area (Å²) in [6.07, 6.45) is 5.64. The maximum Gasteiger partial charge on any atom is 0.0829 e. The molecule has 2 aliphatic rings. The van der Waals surface area contributed by atoms with Crippen LogP contribution in [0.4, 0.5) is 0 Å². The molecular weight excluding hydrogens is 240 g/mol. The Balaban J connectivity index is 1.92. The SMILES string of the molecule is C1=C[C+]2c3cc4ccccc4cc3-c3cccc(c32)C1. The van der Waals surface area contributed by atoms with Crippen LogP contribution in [0.25, 0.3) is 21.9 Å². The van der Waals surface area contributed by atoms with Crippen molar-refractivity contribution >= 4 is 10.8 Å². The van der Waals surface area contributed by atoms with Crippen molar-refractivity contribution in [2.75, 3.05) is 0 Å². The van der Waals surface area contributed by atoms with Crippen molar-refractivity contribution in [2.24, 2.45) is 0 Å². The molecule has 92 valence electrons. The Kier molecular flexibility index (Phi) is 1.83. The van der Waals surface area contributed by atoms with Gasteiger partial charge in [-0.25, -0.2) is 0 Å². The van der Waals surface area contributed by atoms with Gasteiger partial charge in [0.25, 0.3) is 0 Å². The van der Waals surface area contributed by atoms with Crippen molar-refractivity contribution in [3.05, 3.63) is 89.4 Å². The minimum Gasteiger partial charge on any atom is -0.0616 e. The highest BCUT2D eigenvalue weighted by molar-refractivity contribution is 5.96. The van der Waals surface area contributed by atoms with Gasteiger partial charge >= 0.3 is 0 Å². The lowest BCUT2D eigenvalue weighted by Crippen LogP contribution is -2.03. The number of fused-ring (bicyclic) bond motifs is 4. The van der Waals surface area contributed by atoms with Crippen LogP contribution < -0.4 is 0 Å². The molecule has 0 unspecified atom stereocenters. The molecule has 5 rings (SSSR count). The Bertz CT molecular complexity index is 884. The van der Waals surface area contributed by atoms with Crippen LogP contribution >= 0.6 is 0 Å². The summed E-state index contributed by atoms with van der Waals surface area (Å²) in [6.45, 7) is 0. The number of allylic oxidation sites excluding steroid dienone is 2. The van der Waals surface area contributed by atoms with E-state index in [4.69, 9.17) is 0 Å². The van der Waals surface area contributed by atoms with Crippen LogP contribution in [-0.2, 0) is 6.42 Å². The second-order valence-corrected chi connectivity index (χ2v) is 5.60. The molecule has 0 spiro atoms. The van der Waals surface area contributed by atoms with E-state index in [1.54, 1.807) is 0 Å². The Labute approximate surface area is 118 Å². The van der Waals surface area contributed by atoms with Crippen molar-refractivity contribution in [1.29, 1.82) is 0 Å². The van der Waals surface area contributed by atoms with E-state index in [1.807, 2.05) is 0 Å². The summed E-state index contributed by atoms with van der Waals surface area (Å²) >= 11 is 0. The molecule has 0 aliphatic heterocycles. The quantitative estimate of drug-likeness (QED) is 0.500. The number of hydrogen-bond donors (Lipinski definition) is 0. The molecule has 0 bridgehead atoms. The largest absolute Gasteiger partial charge is 0.0829 e. The van der Waals surface area contributed by atoms with Gasteiger partial charge in [0, 0.05) is 23.4 Å². The Hall–Kier alpha value is -2.47. The summed E-state index contributed by atoms with van der Waals surface area (Å²) in [5, 5.41) is 2.65. The third kappa shape index (κ3) is 1.19. The van der Waals surface area contributed by atoms with Gasteiger partial charge in [-0.05, 0) is 47.9 Å². The van der Waals surface area contributed by atoms with Crippen LogP contribution in [0.3, 0.4) is 0 Å². The average molecular weight is 253 g/mol. The van der Waals surface area contributed by atoms with Gasteiger partial charge in [0.15, 0.2) is 0 Å². The predicted molar refractivity (Wildman–Crippen MR) is 83.7 cm³/mol. The summed E-state index contributed by atoms with van der Waals surface area (Å²) < 4.78 is 0. The molecule has 0 N–H and O–H groups in total. The second-order valence-electron chi connectivity index (χ2n) is 5.60. The monoisotopic (exact) mass is 253 g/mol. The predicted octanol–water partition coefficient (Wildman–Crippen LogP) is 4.90. The Morgan fingerprint density at radius 2 is 1.65 bits per heavy atom. The van der Waals surface area contributed by atoms with Gasteiger partial charge in [0.1, 0.15) is 0 Å². The zero-order valence-electron chi connectivity index (χ0n) is 11.1. The molecule has 0 saturated heterocycles. The molecule has 0 saturated carbocycles. The molecule has 0 atom stereocenters. The zero-order valence-corrected chi connectivity index (χ0v) is 11.1. The van der Waals surface area contributed by atoms with Crippen LogP contribution in [0.5, 0.6) is 0 Å². The third-order valence-corrected chi connectivity index (χ3v) is 4.51. The number of rotatable bonds is 0. The van der Waals surface area contributed by atoms with Gasteiger partial charge in [-0.2, -0.15) is 0 Å². The van der Waals surface area contributed by atoms with E-state index in [1.165, 1.54) is 44.5 Å². The highest BCUT2D eigenvalue weighted by Crippen LogP contribution is 2.49. The van der Waals surface area contributed by atoms with Crippen LogP contribution in [0, 0.1) is 5.92 Å². The third-order valence-electron chi connectivity index (χ3n) is 4.51. The summed E-state index contributed by atoms with van der Waals surface area (Å²) in [6, 6.07) is 20.0. The van der Waals surface area contributed by atoms with Gasteiger partial charge in [0.2, 0.25) is 0 Å². The normalized spacial score (nSPS) is 14.5. The van der Waals surface area contributed by atoms with E-state index in [9.17, 15) is 0 Å². The van der Waals surface area contributed by atoms with Crippen molar-refractivity contribution in [2.45, 2.75) is 6.42 Å². The number of hydrogen-bond acceptors (Lipinski definition) is 0. The summed E-state index contributed by atoms with van der Waals surface area (Å²) in [5.74, 6) is 1.41. The molecule has 0 radical (unpaired) electrons. The topological polar surface area (TPSA) is 0 Å².